The summed E-state index contributed by atoms with van der Waals surface area (Å²) in [6.45, 7) is 2.01. The van der Waals surface area contributed by atoms with Crippen molar-refractivity contribution in [1.29, 1.82) is 0 Å². The summed E-state index contributed by atoms with van der Waals surface area (Å²) >= 11 is 0. The molecule has 0 fully saturated rings. The van der Waals surface area contributed by atoms with Gasteiger partial charge in [-0.1, -0.05) is 54.6 Å². The standard InChI is InChI=1S/C25H20N4O3/c1-16(29-24(31)20-11-4-5-12-21(20)25(29)32)23(30)27-22-13-14-26-28(22)15-18-9-6-8-17-7-2-3-10-19(17)18/h2-14,16H,15H2,1H3,(H,27,30). The van der Waals surface area contributed by atoms with Crippen molar-refractivity contribution in [1.82, 2.24) is 14.7 Å². The van der Waals surface area contributed by atoms with E-state index >= 15 is 0 Å². The summed E-state index contributed by atoms with van der Waals surface area (Å²) < 4.78 is 1.69. The lowest BCUT2D eigenvalue weighted by atomic mass is 10.0. The Hall–Kier alpha value is -4.26. The molecular formula is C25H20N4O3. The summed E-state index contributed by atoms with van der Waals surface area (Å²) in [6.07, 6.45) is 1.60. The third kappa shape index (κ3) is 3.24. The first kappa shape index (κ1) is 19.7. The normalized spacial score (nSPS) is 14.0. The lowest BCUT2D eigenvalue weighted by molar-refractivity contribution is -0.119. The van der Waals surface area contributed by atoms with Crippen molar-refractivity contribution in [2.45, 2.75) is 19.5 Å². The first-order chi connectivity index (χ1) is 15.5. The van der Waals surface area contributed by atoms with Crippen LogP contribution in [-0.4, -0.2) is 38.4 Å². The van der Waals surface area contributed by atoms with Crippen LogP contribution in [0.15, 0.2) is 79.0 Å². The second-order valence-electron chi connectivity index (χ2n) is 7.70. The van der Waals surface area contributed by atoms with Crippen molar-refractivity contribution in [2.75, 3.05) is 5.32 Å². The molecule has 3 aromatic carbocycles. The van der Waals surface area contributed by atoms with Crippen LogP contribution in [0.4, 0.5) is 5.82 Å². The number of imide groups is 1. The van der Waals surface area contributed by atoms with E-state index in [1.54, 1.807) is 48.1 Å². The summed E-state index contributed by atoms with van der Waals surface area (Å²) in [7, 11) is 0. The van der Waals surface area contributed by atoms with Gasteiger partial charge in [-0.15, -0.1) is 0 Å². The highest BCUT2D eigenvalue weighted by atomic mass is 16.2. The minimum absolute atomic E-state index is 0.318. The maximum atomic E-state index is 13.0. The zero-order valence-electron chi connectivity index (χ0n) is 17.4. The minimum atomic E-state index is -0.969. The largest absolute Gasteiger partial charge is 0.309 e. The van der Waals surface area contributed by atoms with Gasteiger partial charge in [-0.05, 0) is 35.4 Å². The van der Waals surface area contributed by atoms with Crippen LogP contribution < -0.4 is 5.32 Å². The fourth-order valence-corrected chi connectivity index (χ4v) is 4.06. The SMILES string of the molecule is CC(C(=O)Nc1ccnn1Cc1cccc2ccccc12)N1C(=O)c2ccccc2C1=O. The molecule has 4 aromatic rings. The molecule has 0 aliphatic carbocycles. The fraction of sp³-hybridized carbons (Fsp3) is 0.120. The molecule has 32 heavy (non-hydrogen) atoms. The van der Waals surface area contributed by atoms with Crippen molar-refractivity contribution in [3.05, 3.63) is 95.7 Å². The number of carbonyl (C=O) groups excluding carboxylic acids is 3. The van der Waals surface area contributed by atoms with Gasteiger partial charge >= 0.3 is 0 Å². The number of rotatable bonds is 5. The number of amides is 3. The number of hydrogen-bond donors (Lipinski definition) is 1. The summed E-state index contributed by atoms with van der Waals surface area (Å²) in [5.74, 6) is -0.888. The predicted octanol–water partition coefficient (Wildman–Crippen LogP) is 3.71. The van der Waals surface area contributed by atoms with E-state index in [0.717, 1.165) is 21.2 Å². The van der Waals surface area contributed by atoms with E-state index in [9.17, 15) is 14.4 Å². The smallest absolute Gasteiger partial charge is 0.262 e. The molecule has 1 atom stereocenters. The molecule has 1 aromatic heterocycles. The Morgan fingerprint density at radius 1 is 0.906 bits per heavy atom. The molecule has 0 saturated heterocycles. The lowest BCUT2D eigenvalue weighted by Gasteiger charge is -2.22. The summed E-state index contributed by atoms with van der Waals surface area (Å²) in [6, 6.07) is 21.5. The zero-order chi connectivity index (χ0) is 22.2. The number of nitrogens with one attached hydrogen (secondary N) is 1. The summed E-state index contributed by atoms with van der Waals surface area (Å²) in [5, 5.41) is 9.40. The Kier molecular flexibility index (Phi) is 4.78. The number of aromatic nitrogens is 2. The Balaban J connectivity index is 1.36. The van der Waals surface area contributed by atoms with Gasteiger partial charge in [0.2, 0.25) is 5.91 Å². The molecule has 0 spiro atoms. The maximum absolute atomic E-state index is 13.0. The Morgan fingerprint density at radius 3 is 2.31 bits per heavy atom. The van der Waals surface area contributed by atoms with Gasteiger partial charge in [0.05, 0.1) is 23.9 Å². The van der Waals surface area contributed by atoms with Gasteiger partial charge in [0, 0.05) is 6.07 Å². The highest BCUT2D eigenvalue weighted by Crippen LogP contribution is 2.25. The number of benzene rings is 3. The second-order valence-corrected chi connectivity index (χ2v) is 7.70. The highest BCUT2D eigenvalue weighted by molar-refractivity contribution is 6.23. The third-order valence-electron chi connectivity index (χ3n) is 5.76. The van der Waals surface area contributed by atoms with Crippen LogP contribution in [0.5, 0.6) is 0 Å². The van der Waals surface area contributed by atoms with Gasteiger partial charge < -0.3 is 5.32 Å². The fourth-order valence-electron chi connectivity index (χ4n) is 4.06. The molecule has 7 heteroatoms. The lowest BCUT2D eigenvalue weighted by Crippen LogP contribution is -2.45. The van der Waals surface area contributed by atoms with Crippen LogP contribution >= 0.6 is 0 Å². The van der Waals surface area contributed by atoms with Gasteiger partial charge in [0.15, 0.2) is 0 Å². The molecule has 1 aliphatic rings. The molecule has 158 valence electrons. The van der Waals surface area contributed by atoms with E-state index in [-0.39, 0.29) is 0 Å². The van der Waals surface area contributed by atoms with Gasteiger partial charge in [-0.3, -0.25) is 19.3 Å². The first-order valence-corrected chi connectivity index (χ1v) is 10.3. The van der Waals surface area contributed by atoms with Crippen LogP contribution in [0, 0.1) is 0 Å². The van der Waals surface area contributed by atoms with Crippen LogP contribution in [0.2, 0.25) is 0 Å². The van der Waals surface area contributed by atoms with Gasteiger partial charge in [0.25, 0.3) is 11.8 Å². The van der Waals surface area contributed by atoms with Crippen molar-refractivity contribution in [3.8, 4) is 0 Å². The molecule has 3 amide bonds. The Morgan fingerprint density at radius 2 is 1.56 bits per heavy atom. The van der Waals surface area contributed by atoms with Gasteiger partial charge in [-0.25, -0.2) is 4.68 Å². The Bertz CT molecular complexity index is 1330. The minimum Gasteiger partial charge on any atom is -0.309 e. The van der Waals surface area contributed by atoms with Crippen molar-refractivity contribution >= 4 is 34.3 Å². The van der Waals surface area contributed by atoms with Crippen LogP contribution in [-0.2, 0) is 11.3 Å². The number of anilines is 1. The van der Waals surface area contributed by atoms with Crippen LogP contribution in [0.25, 0.3) is 10.8 Å². The molecule has 0 bridgehead atoms. The monoisotopic (exact) mass is 424 g/mol. The summed E-state index contributed by atoms with van der Waals surface area (Å²) in [5.41, 5.74) is 1.70. The van der Waals surface area contributed by atoms with E-state index in [1.807, 2.05) is 36.4 Å². The molecule has 7 nitrogen and oxygen atoms in total. The molecule has 0 radical (unpaired) electrons. The van der Waals surface area contributed by atoms with E-state index in [1.165, 1.54) is 0 Å². The molecule has 1 aliphatic heterocycles. The predicted molar refractivity (Wildman–Crippen MR) is 120 cm³/mol. The molecule has 1 unspecified atom stereocenters. The average molecular weight is 424 g/mol. The summed E-state index contributed by atoms with van der Waals surface area (Å²) in [4.78, 5) is 39.4. The van der Waals surface area contributed by atoms with E-state index in [2.05, 4.69) is 16.5 Å². The number of nitrogens with zero attached hydrogens (tertiary/aromatic N) is 3. The number of fused-ring (bicyclic) bond motifs is 2. The second kappa shape index (κ2) is 7.77. The van der Waals surface area contributed by atoms with Crippen molar-refractivity contribution < 1.29 is 14.4 Å². The number of hydrogen-bond acceptors (Lipinski definition) is 4. The third-order valence-corrected chi connectivity index (χ3v) is 5.76. The molecule has 5 rings (SSSR count). The maximum Gasteiger partial charge on any atom is 0.262 e. The number of carbonyl (C=O) groups is 3. The van der Waals surface area contributed by atoms with E-state index in [4.69, 9.17) is 0 Å². The van der Waals surface area contributed by atoms with Crippen LogP contribution in [0.1, 0.15) is 33.2 Å². The van der Waals surface area contributed by atoms with Gasteiger partial charge in [0.1, 0.15) is 11.9 Å². The quantitative estimate of drug-likeness (QED) is 0.495. The topological polar surface area (TPSA) is 84.3 Å². The average Bonchev–Trinajstić information content (AvgIpc) is 3.35. The molecule has 0 saturated carbocycles. The van der Waals surface area contributed by atoms with Crippen LogP contribution in [0.3, 0.4) is 0 Å². The zero-order valence-corrected chi connectivity index (χ0v) is 17.4. The molecule has 1 N–H and O–H groups in total. The van der Waals surface area contributed by atoms with Gasteiger partial charge in [-0.2, -0.15) is 5.10 Å². The van der Waals surface area contributed by atoms with Crippen molar-refractivity contribution in [2.24, 2.45) is 0 Å². The molecular weight excluding hydrogens is 404 g/mol. The van der Waals surface area contributed by atoms with Crippen molar-refractivity contribution in [3.63, 3.8) is 0 Å². The van der Waals surface area contributed by atoms with E-state index in [0.29, 0.717) is 23.5 Å². The first-order valence-electron chi connectivity index (χ1n) is 10.3. The molecule has 2 heterocycles. The van der Waals surface area contributed by atoms with E-state index < -0.39 is 23.8 Å². The highest BCUT2D eigenvalue weighted by Gasteiger charge is 2.40. The Labute approximate surface area is 184 Å².